The number of halogens is 3. The summed E-state index contributed by atoms with van der Waals surface area (Å²) in [6.45, 7) is 0.915. The topological polar surface area (TPSA) is 98.6 Å². The van der Waals surface area contributed by atoms with Gasteiger partial charge in [-0.2, -0.15) is 13.9 Å². The van der Waals surface area contributed by atoms with Gasteiger partial charge in [-0.15, -0.1) is 0 Å². The number of carbonyl (C=O) groups is 2. The first-order chi connectivity index (χ1) is 15.3. The van der Waals surface area contributed by atoms with E-state index in [4.69, 9.17) is 32.7 Å². The third-order valence-electron chi connectivity index (χ3n) is 4.44. The SMILES string of the molecule is COC(=O)N(CCCNc1nc2ccc(F)nc2n1C(=O)OC)Cc1cc(Cl)cc(Cl)c1. The van der Waals surface area contributed by atoms with Gasteiger partial charge in [0.1, 0.15) is 5.52 Å². The Hall–Kier alpha value is -3.11. The molecule has 2 aromatic heterocycles. The highest BCUT2D eigenvalue weighted by Gasteiger charge is 2.20. The fraction of sp³-hybridized carbons (Fsp3) is 0.300. The zero-order valence-electron chi connectivity index (χ0n) is 17.3. The zero-order valence-corrected chi connectivity index (χ0v) is 18.8. The number of methoxy groups -OCH3 is 2. The third kappa shape index (κ3) is 5.57. The molecule has 12 heteroatoms. The fourth-order valence-corrected chi connectivity index (χ4v) is 3.64. The molecule has 32 heavy (non-hydrogen) atoms. The Balaban J connectivity index is 1.68. The van der Waals surface area contributed by atoms with Crippen molar-refractivity contribution in [3.05, 3.63) is 51.9 Å². The van der Waals surface area contributed by atoms with E-state index >= 15 is 0 Å². The molecule has 3 aromatic rings. The Kier molecular flexibility index (Phi) is 7.70. The number of amides is 1. The van der Waals surface area contributed by atoms with Gasteiger partial charge in [0.2, 0.25) is 11.9 Å². The van der Waals surface area contributed by atoms with E-state index in [1.54, 1.807) is 18.2 Å². The summed E-state index contributed by atoms with van der Waals surface area (Å²) in [6.07, 6.45) is -0.792. The second kappa shape index (κ2) is 10.5. The number of carbonyl (C=O) groups excluding carboxylic acids is 2. The Morgan fingerprint density at radius 2 is 1.84 bits per heavy atom. The molecule has 0 radical (unpaired) electrons. The maximum atomic E-state index is 13.5. The van der Waals surface area contributed by atoms with E-state index in [1.807, 2.05) is 0 Å². The number of imidazole rings is 1. The van der Waals surface area contributed by atoms with Crippen LogP contribution in [0.4, 0.5) is 19.9 Å². The van der Waals surface area contributed by atoms with E-state index in [0.717, 1.165) is 16.2 Å². The molecule has 0 bridgehead atoms. The first kappa shape index (κ1) is 23.6. The van der Waals surface area contributed by atoms with Crippen LogP contribution in [0.15, 0.2) is 30.3 Å². The number of anilines is 1. The Bertz CT molecular complexity index is 1120. The average Bonchev–Trinajstić information content (AvgIpc) is 3.11. The first-order valence-electron chi connectivity index (χ1n) is 9.47. The van der Waals surface area contributed by atoms with E-state index in [2.05, 4.69) is 15.3 Å². The van der Waals surface area contributed by atoms with Gasteiger partial charge in [0, 0.05) is 29.7 Å². The van der Waals surface area contributed by atoms with Gasteiger partial charge < -0.3 is 19.7 Å². The summed E-state index contributed by atoms with van der Waals surface area (Å²) in [4.78, 5) is 33.8. The normalized spacial score (nSPS) is 10.8. The number of aromatic nitrogens is 3. The lowest BCUT2D eigenvalue weighted by Gasteiger charge is -2.21. The molecule has 0 aliphatic heterocycles. The molecule has 2 heterocycles. The van der Waals surface area contributed by atoms with Crippen molar-refractivity contribution in [3.8, 4) is 0 Å². The second-order valence-electron chi connectivity index (χ2n) is 6.67. The summed E-state index contributed by atoms with van der Waals surface area (Å²) in [7, 11) is 2.50. The molecule has 0 aliphatic rings. The third-order valence-corrected chi connectivity index (χ3v) is 4.88. The monoisotopic (exact) mass is 483 g/mol. The molecule has 170 valence electrons. The van der Waals surface area contributed by atoms with E-state index in [1.165, 1.54) is 25.2 Å². The molecule has 0 fully saturated rings. The van der Waals surface area contributed by atoms with Crippen LogP contribution < -0.4 is 5.32 Å². The van der Waals surface area contributed by atoms with Crippen LogP contribution in [-0.4, -0.2) is 58.9 Å². The first-order valence-corrected chi connectivity index (χ1v) is 10.2. The van der Waals surface area contributed by atoms with E-state index < -0.39 is 18.1 Å². The molecule has 0 saturated carbocycles. The summed E-state index contributed by atoms with van der Waals surface area (Å²) in [5.41, 5.74) is 1.11. The number of rotatable bonds is 7. The lowest BCUT2D eigenvalue weighted by Crippen LogP contribution is -2.32. The molecule has 9 nitrogen and oxygen atoms in total. The Labute approximate surface area is 193 Å². The minimum absolute atomic E-state index is 0.0355. The van der Waals surface area contributed by atoms with E-state index in [-0.39, 0.29) is 18.1 Å². The van der Waals surface area contributed by atoms with Crippen LogP contribution in [0.2, 0.25) is 10.0 Å². The van der Waals surface area contributed by atoms with Crippen LogP contribution in [0.5, 0.6) is 0 Å². The van der Waals surface area contributed by atoms with Crippen LogP contribution >= 0.6 is 23.2 Å². The zero-order chi connectivity index (χ0) is 23.3. The van der Waals surface area contributed by atoms with Gasteiger partial charge in [0.05, 0.1) is 14.2 Å². The smallest absolute Gasteiger partial charge is 0.422 e. The number of hydrogen-bond acceptors (Lipinski definition) is 7. The highest BCUT2D eigenvalue weighted by Crippen LogP contribution is 2.21. The van der Waals surface area contributed by atoms with Crippen molar-refractivity contribution in [2.45, 2.75) is 13.0 Å². The predicted octanol–water partition coefficient (Wildman–Crippen LogP) is 4.56. The summed E-state index contributed by atoms with van der Waals surface area (Å²) in [6, 6.07) is 7.60. The standard InChI is InChI=1S/C20H20Cl2FN5O4/c1-31-19(29)27(11-12-8-13(21)10-14(22)9-12)7-3-6-24-18-25-15-4-5-16(23)26-17(15)28(18)20(30)32-2/h4-5,8-10H,3,6-7,11H2,1-2H3,(H,24,25). The highest BCUT2D eigenvalue weighted by molar-refractivity contribution is 6.34. The van der Waals surface area contributed by atoms with Crippen LogP contribution in [0.3, 0.4) is 0 Å². The van der Waals surface area contributed by atoms with Crippen LogP contribution in [0.25, 0.3) is 11.2 Å². The van der Waals surface area contributed by atoms with Crippen molar-refractivity contribution in [2.24, 2.45) is 0 Å². The summed E-state index contributed by atoms with van der Waals surface area (Å²) in [5.74, 6) is -0.597. The van der Waals surface area contributed by atoms with Gasteiger partial charge in [-0.3, -0.25) is 0 Å². The van der Waals surface area contributed by atoms with Gasteiger partial charge in [-0.25, -0.2) is 14.6 Å². The van der Waals surface area contributed by atoms with Gasteiger partial charge in [0.15, 0.2) is 5.65 Å². The minimum atomic E-state index is -0.762. The molecule has 1 amide bonds. The average molecular weight is 484 g/mol. The number of pyridine rings is 1. The van der Waals surface area contributed by atoms with Crippen LogP contribution in [0, 0.1) is 5.95 Å². The summed E-state index contributed by atoms with van der Waals surface area (Å²) >= 11 is 12.1. The van der Waals surface area contributed by atoms with Crippen molar-refractivity contribution in [1.82, 2.24) is 19.4 Å². The number of fused-ring (bicyclic) bond motifs is 1. The molecule has 3 rings (SSSR count). The number of hydrogen-bond donors (Lipinski definition) is 1. The lowest BCUT2D eigenvalue weighted by atomic mass is 10.2. The van der Waals surface area contributed by atoms with Crippen molar-refractivity contribution in [2.75, 3.05) is 32.6 Å². The van der Waals surface area contributed by atoms with Crippen LogP contribution in [-0.2, 0) is 16.0 Å². The van der Waals surface area contributed by atoms with E-state index in [9.17, 15) is 14.0 Å². The lowest BCUT2D eigenvalue weighted by molar-refractivity contribution is 0.120. The molecule has 0 atom stereocenters. The van der Waals surface area contributed by atoms with Crippen molar-refractivity contribution < 1.29 is 23.5 Å². The molecule has 0 unspecified atom stereocenters. The maximum Gasteiger partial charge on any atom is 0.422 e. The van der Waals surface area contributed by atoms with Crippen molar-refractivity contribution in [3.63, 3.8) is 0 Å². The maximum absolute atomic E-state index is 13.5. The van der Waals surface area contributed by atoms with Crippen LogP contribution in [0.1, 0.15) is 12.0 Å². The molecule has 0 saturated heterocycles. The van der Waals surface area contributed by atoms with Crippen molar-refractivity contribution >= 4 is 52.5 Å². The van der Waals surface area contributed by atoms with E-state index in [0.29, 0.717) is 35.1 Å². The predicted molar refractivity (Wildman–Crippen MR) is 118 cm³/mol. The Morgan fingerprint density at radius 1 is 1.12 bits per heavy atom. The molecule has 1 N–H and O–H groups in total. The highest BCUT2D eigenvalue weighted by atomic mass is 35.5. The molecule has 1 aromatic carbocycles. The van der Waals surface area contributed by atoms with Crippen molar-refractivity contribution in [1.29, 1.82) is 0 Å². The summed E-state index contributed by atoms with van der Waals surface area (Å²) in [5, 5.41) is 3.93. The van der Waals surface area contributed by atoms with Gasteiger partial charge >= 0.3 is 12.2 Å². The second-order valence-corrected chi connectivity index (χ2v) is 7.54. The molecular weight excluding hydrogens is 464 g/mol. The molecule has 0 spiro atoms. The number of ether oxygens (including phenoxy) is 2. The number of nitrogens with zero attached hydrogens (tertiary/aromatic N) is 4. The van der Waals surface area contributed by atoms with Gasteiger partial charge in [-0.05, 0) is 42.3 Å². The summed E-state index contributed by atoms with van der Waals surface area (Å²) < 4.78 is 24.2. The number of nitrogens with one attached hydrogen (secondary N) is 1. The molecule has 0 aliphatic carbocycles. The van der Waals surface area contributed by atoms with Gasteiger partial charge in [0.25, 0.3) is 0 Å². The largest absolute Gasteiger partial charge is 0.453 e. The fourth-order valence-electron chi connectivity index (χ4n) is 3.07. The minimum Gasteiger partial charge on any atom is -0.453 e. The number of benzene rings is 1. The Morgan fingerprint density at radius 3 is 2.50 bits per heavy atom. The quantitative estimate of drug-likeness (QED) is 0.388. The van der Waals surface area contributed by atoms with Gasteiger partial charge in [-0.1, -0.05) is 23.2 Å². The molecular formula is C20H20Cl2FN5O4.